The van der Waals surface area contributed by atoms with Crippen LogP contribution in [0.3, 0.4) is 0 Å². The first-order chi connectivity index (χ1) is 31.3. The first-order valence-corrected chi connectivity index (χ1v) is 22.1. The number of fused-ring (bicyclic) bond motifs is 17. The SMILES string of the molecule is c1ccc(-c2ccc(-c3c4ccccc4c(-c4ccc5c6c(ccc5c4)-c4c(ccc5ccccc45)C64c5ccccc5-c5ccccc54)c4ccccc34)c3ccccc23)cc1. The molecule has 63 heavy (non-hydrogen) atoms. The molecule has 0 aliphatic heterocycles. The Bertz CT molecular complexity index is 3800. The Hall–Kier alpha value is -8.06. The van der Waals surface area contributed by atoms with Gasteiger partial charge >= 0.3 is 0 Å². The van der Waals surface area contributed by atoms with Crippen LogP contribution in [0, 0.1) is 0 Å². The van der Waals surface area contributed by atoms with Crippen molar-refractivity contribution in [3.63, 3.8) is 0 Å². The van der Waals surface area contributed by atoms with Crippen LogP contribution in [0.25, 0.3) is 109 Å². The molecule has 14 rings (SSSR count). The van der Waals surface area contributed by atoms with Crippen molar-refractivity contribution in [3.05, 3.63) is 253 Å². The van der Waals surface area contributed by atoms with E-state index in [1.807, 2.05) is 0 Å². The Morgan fingerprint density at radius 2 is 0.730 bits per heavy atom. The molecular formula is C63H38. The van der Waals surface area contributed by atoms with Crippen LogP contribution in [0.5, 0.6) is 0 Å². The van der Waals surface area contributed by atoms with Gasteiger partial charge in [0.1, 0.15) is 0 Å². The standard InChI is InChI=1S/C63H38/c1-2-16-39(17-3-1)43-35-36-54(47-21-7-6-20-46(43)47)60-52-26-10-8-24-50(52)59(51-25-9-11-27-53(51)60)42-31-33-45-41(38-42)30-34-55-61-44-19-5-4-18-40(44)32-37-58(61)63(62(45)55)56-28-14-12-22-48(56)49-23-13-15-29-57(49)63/h1-38H. The van der Waals surface area contributed by atoms with Crippen molar-refractivity contribution in [2.75, 3.05) is 0 Å². The molecule has 0 nitrogen and oxygen atoms in total. The maximum atomic E-state index is 2.47. The van der Waals surface area contributed by atoms with E-state index in [0.29, 0.717) is 0 Å². The molecule has 0 radical (unpaired) electrons. The summed E-state index contributed by atoms with van der Waals surface area (Å²) >= 11 is 0. The van der Waals surface area contributed by atoms with Crippen LogP contribution < -0.4 is 0 Å². The van der Waals surface area contributed by atoms with Crippen LogP contribution in [-0.4, -0.2) is 0 Å². The number of hydrogen-bond acceptors (Lipinski definition) is 0. The third kappa shape index (κ3) is 4.60. The highest BCUT2D eigenvalue weighted by Crippen LogP contribution is 2.65. The van der Waals surface area contributed by atoms with Gasteiger partial charge in [-0.3, -0.25) is 0 Å². The molecule has 0 amide bonds. The van der Waals surface area contributed by atoms with Crippen LogP contribution in [0.4, 0.5) is 0 Å². The van der Waals surface area contributed by atoms with E-state index in [-0.39, 0.29) is 0 Å². The Labute approximate surface area is 366 Å². The van der Waals surface area contributed by atoms with Gasteiger partial charge in [-0.1, -0.05) is 224 Å². The maximum absolute atomic E-state index is 2.47. The monoisotopic (exact) mass is 794 g/mol. The average molecular weight is 795 g/mol. The molecule has 0 unspecified atom stereocenters. The molecule has 0 fully saturated rings. The van der Waals surface area contributed by atoms with Crippen molar-refractivity contribution >= 4 is 53.9 Å². The van der Waals surface area contributed by atoms with E-state index in [0.717, 1.165) is 0 Å². The van der Waals surface area contributed by atoms with E-state index < -0.39 is 5.41 Å². The highest BCUT2D eigenvalue weighted by atomic mass is 14.5. The molecule has 0 saturated heterocycles. The summed E-state index contributed by atoms with van der Waals surface area (Å²) in [6, 6.07) is 86.6. The second-order valence-electron chi connectivity index (χ2n) is 17.4. The largest absolute Gasteiger partial charge is 0.0731 e. The van der Waals surface area contributed by atoms with Crippen LogP contribution in [0.15, 0.2) is 231 Å². The first-order valence-electron chi connectivity index (χ1n) is 22.1. The molecule has 0 heteroatoms. The summed E-state index contributed by atoms with van der Waals surface area (Å²) in [6.07, 6.45) is 0. The van der Waals surface area contributed by atoms with E-state index in [9.17, 15) is 0 Å². The Balaban J connectivity index is 1.04. The summed E-state index contributed by atoms with van der Waals surface area (Å²) in [4.78, 5) is 0. The minimum absolute atomic E-state index is 0.442. The van der Waals surface area contributed by atoms with Crippen molar-refractivity contribution < 1.29 is 0 Å². The van der Waals surface area contributed by atoms with Gasteiger partial charge in [-0.15, -0.1) is 0 Å². The average Bonchev–Trinajstić information content (AvgIpc) is 3.83. The Morgan fingerprint density at radius 3 is 1.41 bits per heavy atom. The van der Waals surface area contributed by atoms with Crippen LogP contribution in [0.1, 0.15) is 22.3 Å². The Kier molecular flexibility index (Phi) is 7.13. The van der Waals surface area contributed by atoms with Crippen molar-refractivity contribution in [2.24, 2.45) is 0 Å². The molecule has 290 valence electrons. The molecule has 2 aliphatic rings. The highest BCUT2D eigenvalue weighted by Gasteiger charge is 2.52. The van der Waals surface area contributed by atoms with Gasteiger partial charge in [0.05, 0.1) is 5.41 Å². The summed E-state index contributed by atoms with van der Waals surface area (Å²) < 4.78 is 0. The molecule has 0 saturated carbocycles. The normalized spacial score (nSPS) is 13.2. The lowest BCUT2D eigenvalue weighted by Crippen LogP contribution is -2.26. The van der Waals surface area contributed by atoms with Gasteiger partial charge < -0.3 is 0 Å². The summed E-state index contributed by atoms with van der Waals surface area (Å²) in [5, 5.41) is 12.7. The molecule has 0 atom stereocenters. The van der Waals surface area contributed by atoms with Gasteiger partial charge in [-0.2, -0.15) is 0 Å². The van der Waals surface area contributed by atoms with E-state index >= 15 is 0 Å². The lowest BCUT2D eigenvalue weighted by molar-refractivity contribution is 0.802. The van der Waals surface area contributed by atoms with Crippen molar-refractivity contribution in [2.45, 2.75) is 5.41 Å². The van der Waals surface area contributed by atoms with Gasteiger partial charge in [0.25, 0.3) is 0 Å². The fourth-order valence-corrected chi connectivity index (χ4v) is 12.0. The molecule has 0 bridgehead atoms. The molecule has 2 aliphatic carbocycles. The number of rotatable bonds is 3. The van der Waals surface area contributed by atoms with Gasteiger partial charge in [0.2, 0.25) is 0 Å². The second-order valence-corrected chi connectivity index (χ2v) is 17.4. The number of benzene rings is 12. The lowest BCUT2D eigenvalue weighted by Gasteiger charge is -2.31. The zero-order valence-electron chi connectivity index (χ0n) is 34.4. The van der Waals surface area contributed by atoms with Gasteiger partial charge in [0, 0.05) is 0 Å². The highest BCUT2D eigenvalue weighted by molar-refractivity contribution is 6.24. The zero-order chi connectivity index (χ0) is 41.2. The van der Waals surface area contributed by atoms with Crippen LogP contribution in [-0.2, 0) is 5.41 Å². The minimum Gasteiger partial charge on any atom is -0.0622 e. The third-order valence-electron chi connectivity index (χ3n) is 14.4. The van der Waals surface area contributed by atoms with Crippen LogP contribution in [0.2, 0.25) is 0 Å². The summed E-state index contributed by atoms with van der Waals surface area (Å²) in [7, 11) is 0. The Morgan fingerprint density at radius 1 is 0.222 bits per heavy atom. The predicted molar refractivity (Wildman–Crippen MR) is 267 cm³/mol. The molecule has 0 heterocycles. The topological polar surface area (TPSA) is 0 Å². The molecular weight excluding hydrogens is 757 g/mol. The first kappa shape index (κ1) is 34.6. The van der Waals surface area contributed by atoms with E-state index in [1.54, 1.807) is 0 Å². The van der Waals surface area contributed by atoms with Gasteiger partial charge in [-0.25, -0.2) is 0 Å². The fourth-order valence-electron chi connectivity index (χ4n) is 12.0. The van der Waals surface area contributed by atoms with Crippen LogP contribution >= 0.6 is 0 Å². The van der Waals surface area contributed by atoms with Crippen molar-refractivity contribution in [1.82, 2.24) is 0 Å². The summed E-state index contributed by atoms with van der Waals surface area (Å²) in [5.74, 6) is 0. The maximum Gasteiger partial charge on any atom is 0.0731 e. The summed E-state index contributed by atoms with van der Waals surface area (Å²) in [5.41, 5.74) is 18.0. The molecule has 0 N–H and O–H groups in total. The van der Waals surface area contributed by atoms with Gasteiger partial charge in [-0.05, 0) is 138 Å². The van der Waals surface area contributed by atoms with Crippen molar-refractivity contribution in [3.8, 4) is 55.6 Å². The van der Waals surface area contributed by atoms with Crippen molar-refractivity contribution in [1.29, 1.82) is 0 Å². The lowest BCUT2D eigenvalue weighted by atomic mass is 9.69. The smallest absolute Gasteiger partial charge is 0.0622 e. The molecule has 12 aromatic rings. The third-order valence-corrected chi connectivity index (χ3v) is 14.4. The van der Waals surface area contributed by atoms with Gasteiger partial charge in [0.15, 0.2) is 0 Å². The van der Waals surface area contributed by atoms with E-state index in [1.165, 1.54) is 132 Å². The number of hydrogen-bond donors (Lipinski definition) is 0. The zero-order valence-corrected chi connectivity index (χ0v) is 34.4. The second kappa shape index (κ2) is 13.0. The fraction of sp³-hybridized carbons (Fsp3) is 0.0159. The molecule has 0 aromatic heterocycles. The summed E-state index contributed by atoms with van der Waals surface area (Å²) in [6.45, 7) is 0. The van der Waals surface area contributed by atoms with E-state index in [2.05, 4.69) is 231 Å². The minimum atomic E-state index is -0.442. The van der Waals surface area contributed by atoms with E-state index in [4.69, 9.17) is 0 Å². The predicted octanol–water partition coefficient (Wildman–Crippen LogP) is 16.8. The molecule has 12 aromatic carbocycles. The quantitative estimate of drug-likeness (QED) is 0.156. The molecule has 1 spiro atoms.